The van der Waals surface area contributed by atoms with Gasteiger partial charge in [-0.15, -0.1) is 0 Å². The number of aromatic nitrogens is 2. The lowest BCUT2D eigenvalue weighted by atomic mass is 10.1. The zero-order valence-corrected chi connectivity index (χ0v) is 13.6. The summed E-state index contributed by atoms with van der Waals surface area (Å²) in [4.78, 5) is 20.0. The molecule has 3 N–H and O–H groups in total. The maximum absolute atomic E-state index is 13.8. The van der Waals surface area contributed by atoms with Gasteiger partial charge >= 0.3 is 6.18 Å². The first kappa shape index (κ1) is 18.3. The summed E-state index contributed by atoms with van der Waals surface area (Å²) >= 11 is 0. The SMILES string of the molecule is Nc1ncc(-c2cccc(NC(=O)c3cc(C(F)(F)F)ccc3F)c2)cn1. The first-order valence-electron chi connectivity index (χ1n) is 7.60. The summed E-state index contributed by atoms with van der Waals surface area (Å²) in [6.45, 7) is 0. The van der Waals surface area contributed by atoms with Crippen LogP contribution in [-0.4, -0.2) is 15.9 Å². The van der Waals surface area contributed by atoms with Crippen LogP contribution in [0.25, 0.3) is 11.1 Å². The quantitative estimate of drug-likeness (QED) is 0.674. The fourth-order valence-corrected chi connectivity index (χ4v) is 2.34. The molecular weight excluding hydrogens is 364 g/mol. The van der Waals surface area contributed by atoms with Crippen LogP contribution in [0.15, 0.2) is 54.9 Å². The molecule has 0 aliphatic rings. The van der Waals surface area contributed by atoms with Crippen LogP contribution >= 0.6 is 0 Å². The molecule has 0 saturated heterocycles. The molecule has 0 aliphatic carbocycles. The number of anilines is 2. The predicted molar refractivity (Wildman–Crippen MR) is 91.2 cm³/mol. The number of carbonyl (C=O) groups is 1. The molecule has 3 aromatic rings. The van der Waals surface area contributed by atoms with Gasteiger partial charge in [-0.25, -0.2) is 14.4 Å². The van der Waals surface area contributed by atoms with Gasteiger partial charge in [-0.1, -0.05) is 12.1 Å². The van der Waals surface area contributed by atoms with Crippen LogP contribution < -0.4 is 11.1 Å². The van der Waals surface area contributed by atoms with Crippen molar-refractivity contribution < 1.29 is 22.4 Å². The van der Waals surface area contributed by atoms with Gasteiger partial charge in [-0.05, 0) is 35.9 Å². The third-order valence-corrected chi connectivity index (χ3v) is 3.66. The lowest BCUT2D eigenvalue weighted by Crippen LogP contribution is -2.16. The number of hydrogen-bond acceptors (Lipinski definition) is 4. The highest BCUT2D eigenvalue weighted by Gasteiger charge is 2.32. The normalized spacial score (nSPS) is 11.3. The van der Waals surface area contributed by atoms with Gasteiger partial charge in [0.15, 0.2) is 0 Å². The van der Waals surface area contributed by atoms with Gasteiger partial charge in [0.1, 0.15) is 5.82 Å². The summed E-state index contributed by atoms with van der Waals surface area (Å²) in [5.74, 6) is -1.95. The zero-order chi connectivity index (χ0) is 19.6. The number of nitrogens with two attached hydrogens (primary N) is 1. The van der Waals surface area contributed by atoms with Crippen LogP contribution in [0.5, 0.6) is 0 Å². The van der Waals surface area contributed by atoms with Crippen LogP contribution in [0.2, 0.25) is 0 Å². The molecule has 2 aromatic carbocycles. The summed E-state index contributed by atoms with van der Waals surface area (Å²) in [5.41, 5.74) is 5.14. The summed E-state index contributed by atoms with van der Waals surface area (Å²) < 4.78 is 52.2. The van der Waals surface area contributed by atoms with E-state index in [1.807, 2.05) is 0 Å². The molecule has 5 nitrogen and oxygen atoms in total. The Morgan fingerprint density at radius 2 is 1.70 bits per heavy atom. The molecule has 0 radical (unpaired) electrons. The van der Waals surface area contributed by atoms with Crippen molar-refractivity contribution in [2.24, 2.45) is 0 Å². The summed E-state index contributed by atoms with van der Waals surface area (Å²) in [6.07, 6.45) is -1.72. The molecule has 0 bridgehead atoms. The van der Waals surface area contributed by atoms with E-state index in [1.165, 1.54) is 18.5 Å². The Labute approximate surface area is 150 Å². The van der Waals surface area contributed by atoms with E-state index in [4.69, 9.17) is 5.73 Å². The minimum Gasteiger partial charge on any atom is -0.368 e. The number of hydrogen-bond donors (Lipinski definition) is 2. The maximum Gasteiger partial charge on any atom is 0.416 e. The molecule has 3 rings (SSSR count). The highest BCUT2D eigenvalue weighted by atomic mass is 19.4. The van der Waals surface area contributed by atoms with E-state index in [1.54, 1.807) is 18.2 Å². The van der Waals surface area contributed by atoms with E-state index >= 15 is 0 Å². The standard InChI is InChI=1S/C18H12F4N4O/c19-15-5-4-12(18(20,21)22)7-14(15)16(27)26-13-3-1-2-10(6-13)11-8-24-17(23)25-9-11/h1-9H,(H,26,27)(H2,23,24,25). The molecule has 0 unspecified atom stereocenters. The van der Waals surface area contributed by atoms with Gasteiger partial charge in [-0.3, -0.25) is 4.79 Å². The number of alkyl halides is 3. The highest BCUT2D eigenvalue weighted by molar-refractivity contribution is 6.04. The number of amides is 1. The smallest absolute Gasteiger partial charge is 0.368 e. The lowest BCUT2D eigenvalue weighted by Gasteiger charge is -2.11. The third-order valence-electron chi connectivity index (χ3n) is 3.66. The Morgan fingerprint density at radius 3 is 2.37 bits per heavy atom. The van der Waals surface area contributed by atoms with Crippen LogP contribution in [0.3, 0.4) is 0 Å². The minimum atomic E-state index is -4.68. The van der Waals surface area contributed by atoms with Crippen molar-refractivity contribution in [3.05, 3.63) is 71.8 Å². The average molecular weight is 376 g/mol. The fourth-order valence-electron chi connectivity index (χ4n) is 2.34. The zero-order valence-electron chi connectivity index (χ0n) is 13.6. The van der Waals surface area contributed by atoms with Gasteiger partial charge in [0.05, 0.1) is 11.1 Å². The number of rotatable bonds is 3. The van der Waals surface area contributed by atoms with Crippen molar-refractivity contribution in [2.75, 3.05) is 11.1 Å². The second kappa shape index (κ2) is 7.02. The van der Waals surface area contributed by atoms with Crippen LogP contribution in [0.4, 0.5) is 29.2 Å². The van der Waals surface area contributed by atoms with Crippen LogP contribution in [0, 0.1) is 5.82 Å². The molecule has 0 aliphatic heterocycles. The molecule has 27 heavy (non-hydrogen) atoms. The van der Waals surface area contributed by atoms with Crippen molar-refractivity contribution in [2.45, 2.75) is 6.18 Å². The van der Waals surface area contributed by atoms with Gasteiger partial charge in [0, 0.05) is 23.6 Å². The summed E-state index contributed by atoms with van der Waals surface area (Å²) in [7, 11) is 0. The Hall–Kier alpha value is -3.49. The van der Waals surface area contributed by atoms with E-state index in [9.17, 15) is 22.4 Å². The first-order chi connectivity index (χ1) is 12.7. The van der Waals surface area contributed by atoms with Crippen LogP contribution in [0.1, 0.15) is 15.9 Å². The number of benzene rings is 2. The van der Waals surface area contributed by atoms with Gasteiger partial charge in [0.2, 0.25) is 5.95 Å². The van der Waals surface area contributed by atoms with Gasteiger partial charge in [0.25, 0.3) is 5.91 Å². The molecule has 1 aromatic heterocycles. The molecule has 0 atom stereocenters. The van der Waals surface area contributed by atoms with E-state index in [2.05, 4.69) is 15.3 Å². The first-order valence-corrected chi connectivity index (χ1v) is 7.60. The fraction of sp³-hybridized carbons (Fsp3) is 0.0556. The van der Waals surface area contributed by atoms with E-state index in [-0.39, 0.29) is 11.6 Å². The topological polar surface area (TPSA) is 80.9 Å². The van der Waals surface area contributed by atoms with Crippen molar-refractivity contribution in [1.82, 2.24) is 9.97 Å². The third kappa shape index (κ3) is 4.20. The molecule has 0 saturated carbocycles. The second-order valence-corrected chi connectivity index (χ2v) is 5.56. The van der Waals surface area contributed by atoms with Crippen molar-refractivity contribution in [1.29, 1.82) is 0 Å². The van der Waals surface area contributed by atoms with E-state index in [0.29, 0.717) is 29.3 Å². The summed E-state index contributed by atoms with van der Waals surface area (Å²) in [5, 5.41) is 2.39. The van der Waals surface area contributed by atoms with Gasteiger partial charge in [-0.2, -0.15) is 13.2 Å². The van der Waals surface area contributed by atoms with Crippen molar-refractivity contribution in [3.8, 4) is 11.1 Å². The predicted octanol–water partition coefficient (Wildman–Crippen LogP) is 4.14. The number of carbonyl (C=O) groups excluding carboxylic acids is 1. The van der Waals surface area contributed by atoms with E-state index in [0.717, 1.165) is 0 Å². The van der Waals surface area contributed by atoms with Crippen LogP contribution in [-0.2, 0) is 6.18 Å². The Balaban J connectivity index is 1.87. The number of nitrogens with zero attached hydrogens (tertiary/aromatic N) is 2. The van der Waals surface area contributed by atoms with Gasteiger partial charge < -0.3 is 11.1 Å². The average Bonchev–Trinajstić information content (AvgIpc) is 2.62. The Kier molecular flexibility index (Phi) is 4.76. The van der Waals surface area contributed by atoms with Crippen molar-refractivity contribution >= 4 is 17.5 Å². The molecular formula is C18H12F4N4O. The second-order valence-electron chi connectivity index (χ2n) is 5.56. The molecule has 0 spiro atoms. The molecule has 1 heterocycles. The highest BCUT2D eigenvalue weighted by Crippen LogP contribution is 2.30. The number of nitrogen functional groups attached to an aromatic ring is 1. The largest absolute Gasteiger partial charge is 0.416 e. The number of nitrogens with one attached hydrogen (secondary N) is 1. The minimum absolute atomic E-state index is 0.100. The van der Waals surface area contributed by atoms with Crippen molar-refractivity contribution in [3.63, 3.8) is 0 Å². The Bertz CT molecular complexity index is 987. The monoisotopic (exact) mass is 376 g/mol. The van der Waals surface area contributed by atoms with E-state index < -0.39 is 29.0 Å². The maximum atomic E-state index is 13.8. The molecule has 9 heteroatoms. The Morgan fingerprint density at radius 1 is 1.00 bits per heavy atom. The number of halogens is 4. The summed E-state index contributed by atoms with van der Waals surface area (Å²) in [6, 6.07) is 8.07. The molecule has 0 fully saturated rings. The molecule has 1 amide bonds. The lowest BCUT2D eigenvalue weighted by molar-refractivity contribution is -0.137. The molecule has 138 valence electrons.